The maximum Gasteiger partial charge on any atom is 0.313 e. The average molecular weight is 327 g/mol. The van der Waals surface area contributed by atoms with Crippen molar-refractivity contribution in [2.24, 2.45) is 0 Å². The molecule has 1 aliphatic carbocycles. The van der Waals surface area contributed by atoms with Gasteiger partial charge in [0.25, 0.3) is 0 Å². The van der Waals surface area contributed by atoms with Crippen LogP contribution < -0.4 is 0 Å². The zero-order valence-electron chi connectivity index (χ0n) is 11.5. The van der Waals surface area contributed by atoms with Crippen molar-refractivity contribution in [3.63, 3.8) is 0 Å². The van der Waals surface area contributed by atoms with Crippen LogP contribution in [0.1, 0.15) is 18.9 Å². The highest BCUT2D eigenvalue weighted by Gasteiger charge is 2.33. The van der Waals surface area contributed by atoms with Crippen molar-refractivity contribution in [3.05, 3.63) is 23.2 Å². The molecular formula is C14H15ClN2O3S. The highest BCUT2D eigenvalue weighted by Crippen LogP contribution is 2.40. The smallest absolute Gasteiger partial charge is 0.313 e. The Morgan fingerprint density at radius 1 is 1.57 bits per heavy atom. The molecule has 0 unspecified atom stereocenters. The van der Waals surface area contributed by atoms with E-state index in [4.69, 9.17) is 21.4 Å². The minimum atomic E-state index is -0.847. The van der Waals surface area contributed by atoms with E-state index in [0.717, 1.165) is 29.0 Å². The molecule has 0 atom stereocenters. The predicted octanol–water partition coefficient (Wildman–Crippen LogP) is 3.22. The molecule has 2 aromatic rings. The molecule has 1 aliphatic rings. The number of carboxylic acid groups (broad SMARTS) is 1. The van der Waals surface area contributed by atoms with Crippen LogP contribution >= 0.6 is 23.4 Å². The Morgan fingerprint density at radius 2 is 2.33 bits per heavy atom. The van der Waals surface area contributed by atoms with E-state index in [1.165, 1.54) is 11.8 Å². The third-order valence-electron chi connectivity index (χ3n) is 3.71. The molecule has 3 rings (SSSR count). The molecule has 1 aromatic carbocycles. The molecule has 112 valence electrons. The molecule has 1 fully saturated rings. The number of imidazole rings is 1. The molecule has 1 aromatic heterocycles. The summed E-state index contributed by atoms with van der Waals surface area (Å²) < 4.78 is 7.43. The number of rotatable bonds is 5. The minimum absolute atomic E-state index is 0.00250. The fourth-order valence-corrected chi connectivity index (χ4v) is 3.53. The van der Waals surface area contributed by atoms with Crippen molar-refractivity contribution in [2.75, 3.05) is 12.9 Å². The number of aromatic nitrogens is 2. The lowest BCUT2D eigenvalue weighted by molar-refractivity contribution is -0.133. The van der Waals surface area contributed by atoms with E-state index < -0.39 is 5.97 Å². The first-order valence-electron chi connectivity index (χ1n) is 6.63. The summed E-state index contributed by atoms with van der Waals surface area (Å²) in [7, 11) is 1.71. The van der Waals surface area contributed by atoms with Crippen molar-refractivity contribution in [1.82, 2.24) is 9.55 Å². The van der Waals surface area contributed by atoms with Crippen molar-refractivity contribution in [1.29, 1.82) is 0 Å². The number of hydrogen-bond donors (Lipinski definition) is 1. The van der Waals surface area contributed by atoms with Crippen LogP contribution in [0.2, 0.25) is 5.02 Å². The van der Waals surface area contributed by atoms with Gasteiger partial charge >= 0.3 is 5.97 Å². The molecule has 0 amide bonds. The largest absolute Gasteiger partial charge is 0.481 e. The van der Waals surface area contributed by atoms with Gasteiger partial charge in [-0.25, -0.2) is 4.98 Å². The number of fused-ring (bicyclic) bond motifs is 1. The van der Waals surface area contributed by atoms with Crippen LogP contribution in [0.5, 0.6) is 0 Å². The normalized spacial score (nSPS) is 21.4. The van der Waals surface area contributed by atoms with Gasteiger partial charge in [0.05, 0.1) is 22.9 Å². The summed E-state index contributed by atoms with van der Waals surface area (Å²) in [4.78, 5) is 15.3. The third-order valence-corrected chi connectivity index (χ3v) is 4.88. The lowest BCUT2D eigenvalue weighted by Gasteiger charge is -2.36. The summed E-state index contributed by atoms with van der Waals surface area (Å²) >= 11 is 7.32. The molecule has 7 heteroatoms. The second kappa shape index (κ2) is 5.87. The van der Waals surface area contributed by atoms with Crippen LogP contribution in [0.15, 0.2) is 23.4 Å². The quantitative estimate of drug-likeness (QED) is 0.855. The van der Waals surface area contributed by atoms with Gasteiger partial charge in [0.1, 0.15) is 0 Å². The Hall–Kier alpha value is -1.24. The van der Waals surface area contributed by atoms with Gasteiger partial charge in [-0.1, -0.05) is 23.4 Å². The van der Waals surface area contributed by atoms with E-state index in [9.17, 15) is 4.79 Å². The third kappa shape index (κ3) is 2.88. The fraction of sp³-hybridized carbons (Fsp3) is 0.429. The van der Waals surface area contributed by atoms with Crippen LogP contribution in [0.25, 0.3) is 11.0 Å². The first-order valence-corrected chi connectivity index (χ1v) is 7.99. The first-order chi connectivity index (χ1) is 10.1. The van der Waals surface area contributed by atoms with Gasteiger partial charge in [-0.2, -0.15) is 0 Å². The fourth-order valence-electron chi connectivity index (χ4n) is 2.57. The summed E-state index contributed by atoms with van der Waals surface area (Å²) in [5, 5.41) is 10.3. The number of nitrogens with zero attached hydrogens (tertiary/aromatic N) is 2. The number of hydrogen-bond acceptors (Lipinski definition) is 4. The summed E-state index contributed by atoms with van der Waals surface area (Å²) in [5.74, 6) is -0.850. The Labute approximate surface area is 131 Å². The standard InChI is InChI=1S/C14H15ClN2O3S/c1-20-10-5-9(6-10)17-12-4-8(15)2-3-11(12)16-14(17)21-7-13(18)19/h2-4,9-10H,5-7H2,1H3,(H,18,19). The molecular weight excluding hydrogens is 312 g/mol. The van der Waals surface area contributed by atoms with E-state index in [0.29, 0.717) is 5.02 Å². The van der Waals surface area contributed by atoms with Crippen LogP contribution in [0.4, 0.5) is 0 Å². The zero-order chi connectivity index (χ0) is 15.0. The van der Waals surface area contributed by atoms with Gasteiger partial charge in [-0.15, -0.1) is 0 Å². The summed E-state index contributed by atoms with van der Waals surface area (Å²) in [6.07, 6.45) is 2.09. The second-order valence-corrected chi connectivity index (χ2v) is 6.44. The molecule has 0 aliphatic heterocycles. The zero-order valence-corrected chi connectivity index (χ0v) is 13.0. The minimum Gasteiger partial charge on any atom is -0.481 e. The number of ether oxygens (including phenoxy) is 1. The average Bonchev–Trinajstić information content (AvgIpc) is 2.73. The van der Waals surface area contributed by atoms with E-state index >= 15 is 0 Å². The van der Waals surface area contributed by atoms with Crippen molar-refractivity contribution in [3.8, 4) is 0 Å². The summed E-state index contributed by atoms with van der Waals surface area (Å²) in [6, 6.07) is 5.83. The van der Waals surface area contributed by atoms with E-state index in [1.54, 1.807) is 13.2 Å². The number of carboxylic acids is 1. The molecule has 0 saturated heterocycles. The van der Waals surface area contributed by atoms with Crippen LogP contribution in [0.3, 0.4) is 0 Å². The van der Waals surface area contributed by atoms with Crippen LogP contribution in [0, 0.1) is 0 Å². The molecule has 0 radical (unpaired) electrons. The molecule has 1 N–H and O–H groups in total. The molecule has 1 heterocycles. The van der Waals surface area contributed by atoms with Gasteiger partial charge in [0.15, 0.2) is 5.16 Å². The van der Waals surface area contributed by atoms with Gasteiger partial charge in [-0.05, 0) is 31.0 Å². The highest BCUT2D eigenvalue weighted by atomic mass is 35.5. The Morgan fingerprint density at radius 3 is 3.00 bits per heavy atom. The molecule has 5 nitrogen and oxygen atoms in total. The number of halogens is 1. The Balaban J connectivity index is 1.98. The second-order valence-electron chi connectivity index (χ2n) is 5.06. The Bertz CT molecular complexity index is 682. The number of benzene rings is 1. The molecule has 0 bridgehead atoms. The summed E-state index contributed by atoms with van der Waals surface area (Å²) in [6.45, 7) is 0. The SMILES string of the molecule is COC1CC(n2c(SCC(=O)O)nc3ccc(Cl)cc32)C1. The lowest BCUT2D eigenvalue weighted by atomic mass is 9.89. The van der Waals surface area contributed by atoms with E-state index in [-0.39, 0.29) is 17.9 Å². The highest BCUT2D eigenvalue weighted by molar-refractivity contribution is 7.99. The topological polar surface area (TPSA) is 64.3 Å². The van der Waals surface area contributed by atoms with Gasteiger partial charge in [-0.3, -0.25) is 4.79 Å². The number of aliphatic carboxylic acids is 1. The van der Waals surface area contributed by atoms with E-state index in [2.05, 4.69) is 9.55 Å². The van der Waals surface area contributed by atoms with E-state index in [1.807, 2.05) is 12.1 Å². The van der Waals surface area contributed by atoms with Crippen molar-refractivity contribution < 1.29 is 14.6 Å². The molecule has 21 heavy (non-hydrogen) atoms. The maximum atomic E-state index is 10.8. The molecule has 1 saturated carbocycles. The number of carbonyl (C=O) groups is 1. The summed E-state index contributed by atoms with van der Waals surface area (Å²) in [5.41, 5.74) is 1.79. The monoisotopic (exact) mass is 326 g/mol. The Kier molecular flexibility index (Phi) is 4.10. The molecule has 0 spiro atoms. The van der Waals surface area contributed by atoms with Crippen LogP contribution in [-0.4, -0.2) is 39.6 Å². The predicted molar refractivity (Wildman–Crippen MR) is 82.2 cm³/mol. The number of thioether (sulfide) groups is 1. The number of methoxy groups -OCH3 is 1. The van der Waals surface area contributed by atoms with Crippen molar-refractivity contribution >= 4 is 40.4 Å². The van der Waals surface area contributed by atoms with Gasteiger partial charge in [0.2, 0.25) is 0 Å². The lowest BCUT2D eigenvalue weighted by Crippen LogP contribution is -2.32. The van der Waals surface area contributed by atoms with Crippen molar-refractivity contribution in [2.45, 2.75) is 30.1 Å². The van der Waals surface area contributed by atoms with Gasteiger partial charge < -0.3 is 14.4 Å². The van der Waals surface area contributed by atoms with Crippen LogP contribution in [-0.2, 0) is 9.53 Å². The van der Waals surface area contributed by atoms with Gasteiger partial charge in [0, 0.05) is 18.2 Å². The maximum absolute atomic E-state index is 10.8. The first kappa shape index (κ1) is 14.7.